The molecule has 3 aromatic rings. The van der Waals surface area contributed by atoms with Crippen LogP contribution in [0.3, 0.4) is 0 Å². The molecule has 0 saturated carbocycles. The summed E-state index contributed by atoms with van der Waals surface area (Å²) in [7, 11) is 0. The molecule has 1 N–H and O–H groups in total. The molecule has 0 bridgehead atoms. The lowest BCUT2D eigenvalue weighted by atomic mass is 10.0. The van der Waals surface area contributed by atoms with Gasteiger partial charge in [-0.2, -0.15) is 0 Å². The summed E-state index contributed by atoms with van der Waals surface area (Å²) in [5.74, 6) is 0.223. The Hall–Kier alpha value is -3.12. The van der Waals surface area contributed by atoms with Crippen LogP contribution < -0.4 is 0 Å². The Bertz CT molecular complexity index is 967. The molecule has 1 atom stereocenters. The number of nitro benzene ring substituents is 1. The number of aryl methyl sites for hydroxylation is 1. The van der Waals surface area contributed by atoms with Crippen LogP contribution in [0.1, 0.15) is 29.3 Å². The molecule has 0 spiro atoms. The second-order valence-corrected chi connectivity index (χ2v) is 6.83. The van der Waals surface area contributed by atoms with E-state index < -0.39 is 0 Å². The van der Waals surface area contributed by atoms with Crippen LogP contribution in [0.2, 0.25) is 0 Å². The van der Waals surface area contributed by atoms with Gasteiger partial charge in [-0.15, -0.1) is 0 Å². The molecule has 1 aliphatic rings. The van der Waals surface area contributed by atoms with Gasteiger partial charge in [-0.3, -0.25) is 15.0 Å². The number of nitro groups is 1. The van der Waals surface area contributed by atoms with E-state index in [2.05, 4.69) is 21.7 Å². The molecule has 2 aromatic carbocycles. The van der Waals surface area contributed by atoms with Crippen molar-refractivity contribution < 1.29 is 10.0 Å². The molecule has 1 aromatic heterocycles. The van der Waals surface area contributed by atoms with Crippen LogP contribution in [0, 0.1) is 10.1 Å². The molecule has 1 unspecified atom stereocenters. The molecule has 0 aliphatic carbocycles. The predicted octanol–water partition coefficient (Wildman–Crippen LogP) is 4.10. The standard InChI is InChI=1S/C21H21N3O3/c25-18-8-3-7-16(14-18)21-20-10-4-11-22(20)12-5-13-23(21)15-17-6-1-2-9-19(17)24(26)27/h1-4,6-11,14,21,25H,5,12-13,15H2. The highest BCUT2D eigenvalue weighted by atomic mass is 16.6. The van der Waals surface area contributed by atoms with Crippen LogP contribution in [0.15, 0.2) is 66.9 Å². The molecule has 0 amide bonds. The van der Waals surface area contributed by atoms with Crippen LogP contribution >= 0.6 is 0 Å². The lowest BCUT2D eigenvalue weighted by Gasteiger charge is -2.30. The first-order valence-electron chi connectivity index (χ1n) is 9.04. The van der Waals surface area contributed by atoms with Gasteiger partial charge >= 0.3 is 0 Å². The second-order valence-electron chi connectivity index (χ2n) is 6.83. The summed E-state index contributed by atoms with van der Waals surface area (Å²) in [5.41, 5.74) is 2.96. The van der Waals surface area contributed by atoms with E-state index in [4.69, 9.17) is 0 Å². The molecular formula is C21H21N3O3. The Balaban J connectivity index is 1.77. The van der Waals surface area contributed by atoms with E-state index in [9.17, 15) is 15.2 Å². The second kappa shape index (κ2) is 7.25. The summed E-state index contributed by atoms with van der Waals surface area (Å²) in [6.45, 7) is 2.20. The van der Waals surface area contributed by atoms with Crippen molar-refractivity contribution in [3.8, 4) is 5.75 Å². The number of hydrogen-bond donors (Lipinski definition) is 1. The number of aromatic hydroxyl groups is 1. The van der Waals surface area contributed by atoms with E-state index in [1.165, 1.54) is 0 Å². The Morgan fingerprint density at radius 1 is 1.07 bits per heavy atom. The van der Waals surface area contributed by atoms with E-state index in [0.29, 0.717) is 12.1 Å². The topological polar surface area (TPSA) is 71.5 Å². The molecular weight excluding hydrogens is 342 g/mol. The third-order valence-electron chi connectivity index (χ3n) is 5.10. The predicted molar refractivity (Wildman–Crippen MR) is 103 cm³/mol. The van der Waals surface area contributed by atoms with Crippen molar-refractivity contribution in [1.29, 1.82) is 0 Å². The van der Waals surface area contributed by atoms with Crippen LogP contribution in [-0.4, -0.2) is 26.0 Å². The van der Waals surface area contributed by atoms with Gasteiger partial charge in [-0.05, 0) is 36.2 Å². The molecule has 138 valence electrons. The van der Waals surface area contributed by atoms with Crippen molar-refractivity contribution in [2.24, 2.45) is 0 Å². The van der Waals surface area contributed by atoms with Crippen molar-refractivity contribution in [2.75, 3.05) is 6.54 Å². The van der Waals surface area contributed by atoms with E-state index in [1.807, 2.05) is 30.3 Å². The fourth-order valence-corrected chi connectivity index (χ4v) is 3.93. The largest absolute Gasteiger partial charge is 0.508 e. The highest BCUT2D eigenvalue weighted by molar-refractivity contribution is 5.41. The molecule has 2 heterocycles. The summed E-state index contributed by atoms with van der Waals surface area (Å²) in [5, 5.41) is 21.4. The third kappa shape index (κ3) is 3.44. The van der Waals surface area contributed by atoms with Crippen LogP contribution in [-0.2, 0) is 13.1 Å². The SMILES string of the molecule is O=[N+]([O-])c1ccccc1CN1CCCn2cccc2C1c1cccc(O)c1. The van der Waals surface area contributed by atoms with Crippen molar-refractivity contribution in [2.45, 2.75) is 25.6 Å². The Labute approximate surface area is 157 Å². The summed E-state index contributed by atoms with van der Waals surface area (Å²) < 4.78 is 2.23. The number of para-hydroxylation sites is 1. The Morgan fingerprint density at radius 2 is 1.93 bits per heavy atom. The maximum Gasteiger partial charge on any atom is 0.273 e. The summed E-state index contributed by atoms with van der Waals surface area (Å²) in [6.07, 6.45) is 3.03. The Morgan fingerprint density at radius 3 is 2.74 bits per heavy atom. The highest BCUT2D eigenvalue weighted by Gasteiger charge is 2.29. The molecule has 6 nitrogen and oxygen atoms in total. The average Bonchev–Trinajstić information content (AvgIpc) is 3.03. The van der Waals surface area contributed by atoms with Gasteiger partial charge in [-0.25, -0.2) is 0 Å². The number of benzene rings is 2. The molecule has 0 fully saturated rings. The first kappa shape index (κ1) is 17.3. The van der Waals surface area contributed by atoms with Gasteiger partial charge in [0.05, 0.1) is 11.0 Å². The summed E-state index contributed by atoms with van der Waals surface area (Å²) in [4.78, 5) is 13.4. The number of hydrogen-bond acceptors (Lipinski definition) is 4. The minimum atomic E-state index is -0.320. The van der Waals surface area contributed by atoms with Gasteiger partial charge in [0.25, 0.3) is 5.69 Å². The molecule has 6 heteroatoms. The number of phenolic OH excluding ortho intramolecular Hbond substituents is 1. The van der Waals surface area contributed by atoms with Gasteiger partial charge in [0, 0.05) is 43.2 Å². The van der Waals surface area contributed by atoms with Crippen molar-refractivity contribution >= 4 is 5.69 Å². The number of rotatable bonds is 4. The summed E-state index contributed by atoms with van der Waals surface area (Å²) >= 11 is 0. The zero-order valence-corrected chi connectivity index (χ0v) is 14.9. The smallest absolute Gasteiger partial charge is 0.273 e. The summed E-state index contributed by atoms with van der Waals surface area (Å²) in [6, 6.07) is 18.2. The van der Waals surface area contributed by atoms with Crippen molar-refractivity contribution in [1.82, 2.24) is 9.47 Å². The average molecular weight is 363 g/mol. The zero-order valence-electron chi connectivity index (χ0n) is 14.9. The van der Waals surface area contributed by atoms with E-state index >= 15 is 0 Å². The number of phenols is 1. The normalized spacial score (nSPS) is 17.3. The quantitative estimate of drug-likeness (QED) is 0.560. The number of aromatic nitrogens is 1. The van der Waals surface area contributed by atoms with Gasteiger partial charge < -0.3 is 9.67 Å². The Kier molecular flexibility index (Phi) is 4.64. The fraction of sp³-hybridized carbons (Fsp3) is 0.238. The van der Waals surface area contributed by atoms with E-state index in [1.54, 1.807) is 24.3 Å². The molecule has 4 rings (SSSR count). The van der Waals surface area contributed by atoms with Gasteiger partial charge in [-0.1, -0.05) is 30.3 Å². The van der Waals surface area contributed by atoms with E-state index in [0.717, 1.165) is 30.8 Å². The van der Waals surface area contributed by atoms with Crippen molar-refractivity contribution in [3.63, 3.8) is 0 Å². The maximum atomic E-state index is 11.4. The van der Waals surface area contributed by atoms with Crippen LogP contribution in [0.25, 0.3) is 0 Å². The minimum Gasteiger partial charge on any atom is -0.508 e. The van der Waals surface area contributed by atoms with Gasteiger partial charge in [0.2, 0.25) is 0 Å². The number of fused-ring (bicyclic) bond motifs is 1. The molecule has 27 heavy (non-hydrogen) atoms. The number of nitrogens with zero attached hydrogens (tertiary/aromatic N) is 3. The first-order chi connectivity index (χ1) is 13.1. The monoisotopic (exact) mass is 363 g/mol. The minimum absolute atomic E-state index is 0.0746. The fourth-order valence-electron chi connectivity index (χ4n) is 3.93. The third-order valence-corrected chi connectivity index (χ3v) is 5.10. The maximum absolute atomic E-state index is 11.4. The van der Waals surface area contributed by atoms with E-state index in [-0.39, 0.29) is 22.4 Å². The molecule has 0 saturated heterocycles. The molecule has 1 aliphatic heterocycles. The lowest BCUT2D eigenvalue weighted by Crippen LogP contribution is -2.29. The van der Waals surface area contributed by atoms with Gasteiger partial charge in [0.1, 0.15) is 5.75 Å². The highest BCUT2D eigenvalue weighted by Crippen LogP contribution is 2.35. The van der Waals surface area contributed by atoms with Gasteiger partial charge in [0.15, 0.2) is 0 Å². The van der Waals surface area contributed by atoms with Crippen molar-refractivity contribution in [3.05, 3.63) is 93.8 Å². The molecule has 0 radical (unpaired) electrons. The zero-order chi connectivity index (χ0) is 18.8. The lowest BCUT2D eigenvalue weighted by molar-refractivity contribution is -0.385. The van der Waals surface area contributed by atoms with Crippen LogP contribution in [0.4, 0.5) is 5.69 Å². The van der Waals surface area contributed by atoms with Crippen LogP contribution in [0.5, 0.6) is 5.75 Å². The first-order valence-corrected chi connectivity index (χ1v) is 9.04.